The number of hydrogen-bond acceptors (Lipinski definition) is 5. The first-order chi connectivity index (χ1) is 10.1. The zero-order valence-electron chi connectivity index (χ0n) is 12.9. The summed E-state index contributed by atoms with van der Waals surface area (Å²) in [6.07, 6.45) is 5.79. The maximum absolute atomic E-state index is 5.81. The van der Waals surface area contributed by atoms with Gasteiger partial charge in [0.2, 0.25) is 0 Å². The lowest BCUT2D eigenvalue weighted by Gasteiger charge is -2.34. The summed E-state index contributed by atoms with van der Waals surface area (Å²) < 4.78 is 2.07. The lowest BCUT2D eigenvalue weighted by atomic mass is 9.92. The molecule has 0 aromatic carbocycles. The van der Waals surface area contributed by atoms with Crippen molar-refractivity contribution in [3.05, 3.63) is 12.7 Å². The number of likely N-dealkylation sites (tertiary alicyclic amines) is 1. The highest BCUT2D eigenvalue weighted by Gasteiger charge is 2.21. The standard InChI is InChI=1S/C15H24N6/c1-11-6-12(2)8-20(7-11)4-3-5-21-10-19-13-14(16)17-9-18-15(13)21/h9-12H,3-8H2,1-2H3,(H2,16,17,18). The Morgan fingerprint density at radius 3 is 2.67 bits per heavy atom. The van der Waals surface area contributed by atoms with Crippen LogP contribution in [0, 0.1) is 11.8 Å². The van der Waals surface area contributed by atoms with Crippen LogP contribution in [0.3, 0.4) is 0 Å². The molecule has 2 atom stereocenters. The molecule has 3 heterocycles. The fourth-order valence-corrected chi connectivity index (χ4v) is 3.50. The number of aromatic nitrogens is 4. The molecule has 0 spiro atoms. The molecule has 0 aliphatic carbocycles. The van der Waals surface area contributed by atoms with Gasteiger partial charge in [-0.1, -0.05) is 13.8 Å². The summed E-state index contributed by atoms with van der Waals surface area (Å²) in [5.41, 5.74) is 7.35. The maximum atomic E-state index is 5.81. The number of fused-ring (bicyclic) bond motifs is 1. The molecule has 6 heteroatoms. The normalized spacial score (nSPS) is 23.7. The molecule has 2 aromatic heterocycles. The van der Waals surface area contributed by atoms with Crippen molar-refractivity contribution in [3.63, 3.8) is 0 Å². The molecule has 1 aliphatic rings. The van der Waals surface area contributed by atoms with Crippen molar-refractivity contribution in [2.45, 2.75) is 33.2 Å². The molecule has 2 aromatic rings. The van der Waals surface area contributed by atoms with Crippen molar-refractivity contribution in [2.75, 3.05) is 25.4 Å². The Balaban J connectivity index is 1.58. The lowest BCUT2D eigenvalue weighted by Crippen LogP contribution is -2.39. The van der Waals surface area contributed by atoms with Gasteiger partial charge in [0.1, 0.15) is 11.8 Å². The predicted octanol–water partition coefficient (Wildman–Crippen LogP) is 1.78. The number of anilines is 1. The second kappa shape index (κ2) is 5.97. The molecule has 2 N–H and O–H groups in total. The molecule has 0 amide bonds. The van der Waals surface area contributed by atoms with Crippen LogP contribution in [0.4, 0.5) is 5.82 Å². The Labute approximate surface area is 125 Å². The van der Waals surface area contributed by atoms with Gasteiger partial charge >= 0.3 is 0 Å². The summed E-state index contributed by atoms with van der Waals surface area (Å²) >= 11 is 0. The third kappa shape index (κ3) is 3.15. The van der Waals surface area contributed by atoms with Crippen molar-refractivity contribution in [3.8, 4) is 0 Å². The largest absolute Gasteiger partial charge is 0.382 e. The minimum atomic E-state index is 0.456. The molecule has 3 rings (SSSR count). The molecule has 6 nitrogen and oxygen atoms in total. The molecule has 0 saturated carbocycles. The number of nitrogens with two attached hydrogens (primary N) is 1. The van der Waals surface area contributed by atoms with Crippen LogP contribution in [0.2, 0.25) is 0 Å². The minimum absolute atomic E-state index is 0.456. The van der Waals surface area contributed by atoms with Crippen LogP contribution >= 0.6 is 0 Å². The molecule has 1 fully saturated rings. The number of nitrogen functional groups attached to an aromatic ring is 1. The number of rotatable bonds is 4. The monoisotopic (exact) mass is 288 g/mol. The van der Waals surface area contributed by atoms with Gasteiger partial charge in [0.15, 0.2) is 11.5 Å². The highest BCUT2D eigenvalue weighted by molar-refractivity contribution is 5.80. The van der Waals surface area contributed by atoms with E-state index >= 15 is 0 Å². The topological polar surface area (TPSA) is 72.9 Å². The van der Waals surface area contributed by atoms with E-state index < -0.39 is 0 Å². The number of imidazole rings is 1. The van der Waals surface area contributed by atoms with Gasteiger partial charge in [-0.3, -0.25) is 0 Å². The van der Waals surface area contributed by atoms with Crippen LogP contribution in [-0.4, -0.2) is 44.1 Å². The average molecular weight is 288 g/mol. The van der Waals surface area contributed by atoms with E-state index in [-0.39, 0.29) is 0 Å². The van der Waals surface area contributed by atoms with Gasteiger partial charge in [0.05, 0.1) is 6.33 Å². The third-order valence-electron chi connectivity index (χ3n) is 4.25. The summed E-state index contributed by atoms with van der Waals surface area (Å²) in [5.74, 6) is 2.09. The van der Waals surface area contributed by atoms with E-state index in [1.165, 1.54) is 25.8 Å². The average Bonchev–Trinajstić information content (AvgIpc) is 2.83. The van der Waals surface area contributed by atoms with Crippen LogP contribution in [-0.2, 0) is 6.54 Å². The van der Waals surface area contributed by atoms with E-state index in [1.807, 2.05) is 6.33 Å². The van der Waals surface area contributed by atoms with Crippen LogP contribution in [0.1, 0.15) is 26.7 Å². The molecule has 1 saturated heterocycles. The first-order valence-corrected chi connectivity index (χ1v) is 7.77. The van der Waals surface area contributed by atoms with Crippen molar-refractivity contribution in [1.82, 2.24) is 24.4 Å². The Morgan fingerprint density at radius 1 is 1.14 bits per heavy atom. The van der Waals surface area contributed by atoms with Crippen molar-refractivity contribution in [1.29, 1.82) is 0 Å². The number of aryl methyl sites for hydroxylation is 1. The molecule has 0 bridgehead atoms. The van der Waals surface area contributed by atoms with Gasteiger partial charge < -0.3 is 15.2 Å². The molecule has 2 unspecified atom stereocenters. The second-order valence-electron chi connectivity index (χ2n) is 6.43. The molecule has 1 aliphatic heterocycles. The van der Waals surface area contributed by atoms with E-state index in [1.54, 1.807) is 0 Å². The van der Waals surface area contributed by atoms with Crippen LogP contribution in [0.15, 0.2) is 12.7 Å². The minimum Gasteiger partial charge on any atom is -0.382 e. The molecular weight excluding hydrogens is 264 g/mol. The van der Waals surface area contributed by atoms with Gasteiger partial charge in [-0.25, -0.2) is 15.0 Å². The summed E-state index contributed by atoms with van der Waals surface area (Å²) in [4.78, 5) is 15.2. The summed E-state index contributed by atoms with van der Waals surface area (Å²) in [5, 5.41) is 0. The molecular formula is C15H24N6. The van der Waals surface area contributed by atoms with Crippen molar-refractivity contribution >= 4 is 17.0 Å². The fraction of sp³-hybridized carbons (Fsp3) is 0.667. The van der Waals surface area contributed by atoms with Gasteiger partial charge in [0.25, 0.3) is 0 Å². The van der Waals surface area contributed by atoms with Gasteiger partial charge in [-0.2, -0.15) is 0 Å². The van der Waals surface area contributed by atoms with E-state index in [0.29, 0.717) is 11.3 Å². The number of hydrogen-bond donors (Lipinski definition) is 1. The third-order valence-corrected chi connectivity index (χ3v) is 4.25. The molecule has 0 radical (unpaired) electrons. The lowest BCUT2D eigenvalue weighted by molar-refractivity contribution is 0.138. The Bertz CT molecular complexity index is 597. The quantitative estimate of drug-likeness (QED) is 0.928. The van der Waals surface area contributed by atoms with Gasteiger partial charge in [0, 0.05) is 19.6 Å². The van der Waals surface area contributed by atoms with E-state index in [9.17, 15) is 0 Å². The Morgan fingerprint density at radius 2 is 1.90 bits per heavy atom. The first-order valence-electron chi connectivity index (χ1n) is 7.77. The second-order valence-corrected chi connectivity index (χ2v) is 6.43. The highest BCUT2D eigenvalue weighted by Crippen LogP contribution is 2.21. The fourth-order valence-electron chi connectivity index (χ4n) is 3.50. The Hall–Kier alpha value is -1.69. The van der Waals surface area contributed by atoms with E-state index in [0.717, 1.165) is 37.0 Å². The zero-order valence-corrected chi connectivity index (χ0v) is 12.9. The molecule has 114 valence electrons. The smallest absolute Gasteiger partial charge is 0.165 e. The highest BCUT2D eigenvalue weighted by atomic mass is 15.2. The van der Waals surface area contributed by atoms with Crippen molar-refractivity contribution < 1.29 is 0 Å². The number of piperidine rings is 1. The summed E-state index contributed by atoms with van der Waals surface area (Å²) in [6, 6.07) is 0. The zero-order chi connectivity index (χ0) is 14.8. The number of nitrogens with zero attached hydrogens (tertiary/aromatic N) is 5. The van der Waals surface area contributed by atoms with Gasteiger partial charge in [-0.15, -0.1) is 0 Å². The van der Waals surface area contributed by atoms with Crippen LogP contribution in [0.25, 0.3) is 11.2 Å². The van der Waals surface area contributed by atoms with Gasteiger partial charge in [-0.05, 0) is 31.2 Å². The SMILES string of the molecule is CC1CC(C)CN(CCCn2cnc3c(N)ncnc32)C1. The Kier molecular flexibility index (Phi) is 4.05. The van der Waals surface area contributed by atoms with Crippen LogP contribution < -0.4 is 5.73 Å². The summed E-state index contributed by atoms with van der Waals surface area (Å²) in [7, 11) is 0. The van der Waals surface area contributed by atoms with Crippen molar-refractivity contribution in [2.24, 2.45) is 11.8 Å². The molecule has 21 heavy (non-hydrogen) atoms. The first kappa shape index (κ1) is 14.3. The predicted molar refractivity (Wildman–Crippen MR) is 83.7 cm³/mol. The van der Waals surface area contributed by atoms with E-state index in [2.05, 4.69) is 38.3 Å². The van der Waals surface area contributed by atoms with Crippen LogP contribution in [0.5, 0.6) is 0 Å². The maximum Gasteiger partial charge on any atom is 0.165 e. The van der Waals surface area contributed by atoms with E-state index in [4.69, 9.17) is 5.73 Å². The summed E-state index contributed by atoms with van der Waals surface area (Å²) in [6.45, 7) is 9.22.